The number of aryl methyl sites for hydroxylation is 1. The number of hydrogen-bond acceptors (Lipinski definition) is 5. The first kappa shape index (κ1) is 12.5. The Kier molecular flexibility index (Phi) is 4.47. The standard InChI is InChI=1S/C11H17N3O2S/c1-9-8-12-11(17-9)13-10(15)2-3-14-4-6-16-7-5-14/h8H,2-7H2,1H3,(H,12,13,15). The van der Waals surface area contributed by atoms with Crippen molar-refractivity contribution in [1.82, 2.24) is 9.88 Å². The summed E-state index contributed by atoms with van der Waals surface area (Å²) in [5.74, 6) is 0.0332. The number of aromatic nitrogens is 1. The first-order chi connectivity index (χ1) is 8.24. The number of carbonyl (C=O) groups is 1. The number of carbonyl (C=O) groups excluding carboxylic acids is 1. The van der Waals surface area contributed by atoms with Gasteiger partial charge in [-0.3, -0.25) is 9.69 Å². The summed E-state index contributed by atoms with van der Waals surface area (Å²) >= 11 is 1.50. The number of anilines is 1. The van der Waals surface area contributed by atoms with Crippen LogP contribution < -0.4 is 5.32 Å². The summed E-state index contributed by atoms with van der Waals surface area (Å²) < 4.78 is 5.25. The zero-order valence-electron chi connectivity index (χ0n) is 9.94. The Hall–Kier alpha value is -0.980. The molecular formula is C11H17N3O2S. The second-order valence-corrected chi connectivity index (χ2v) is 5.26. The maximum atomic E-state index is 11.7. The van der Waals surface area contributed by atoms with Crippen molar-refractivity contribution in [3.05, 3.63) is 11.1 Å². The molecule has 0 unspecified atom stereocenters. The third kappa shape index (κ3) is 4.07. The van der Waals surface area contributed by atoms with E-state index in [0.29, 0.717) is 11.6 Å². The normalized spacial score (nSPS) is 17.0. The van der Waals surface area contributed by atoms with Crippen LogP contribution in [0.4, 0.5) is 5.13 Å². The van der Waals surface area contributed by atoms with Crippen molar-refractivity contribution in [2.75, 3.05) is 38.2 Å². The Bertz CT molecular complexity index is 375. The van der Waals surface area contributed by atoms with Crippen LogP contribution in [-0.2, 0) is 9.53 Å². The van der Waals surface area contributed by atoms with E-state index < -0.39 is 0 Å². The molecule has 1 aromatic heterocycles. The molecule has 1 N–H and O–H groups in total. The number of hydrogen-bond donors (Lipinski definition) is 1. The Morgan fingerprint density at radius 1 is 1.59 bits per heavy atom. The zero-order valence-corrected chi connectivity index (χ0v) is 10.8. The second kappa shape index (κ2) is 6.09. The van der Waals surface area contributed by atoms with Gasteiger partial charge in [-0.25, -0.2) is 4.98 Å². The molecule has 1 fully saturated rings. The van der Waals surface area contributed by atoms with E-state index in [4.69, 9.17) is 4.74 Å². The third-order valence-electron chi connectivity index (χ3n) is 2.63. The second-order valence-electron chi connectivity index (χ2n) is 4.03. The molecule has 1 aromatic rings. The molecule has 1 aliphatic heterocycles. The summed E-state index contributed by atoms with van der Waals surface area (Å²) in [7, 11) is 0. The molecule has 0 radical (unpaired) electrons. The van der Waals surface area contributed by atoms with E-state index in [0.717, 1.165) is 37.7 Å². The molecule has 0 aliphatic carbocycles. The van der Waals surface area contributed by atoms with Crippen LogP contribution in [0.2, 0.25) is 0 Å². The molecule has 0 bridgehead atoms. The lowest BCUT2D eigenvalue weighted by Gasteiger charge is -2.26. The Morgan fingerprint density at radius 2 is 2.35 bits per heavy atom. The van der Waals surface area contributed by atoms with Crippen LogP contribution in [0.15, 0.2) is 6.20 Å². The maximum Gasteiger partial charge on any atom is 0.227 e. The van der Waals surface area contributed by atoms with Gasteiger partial charge in [0.2, 0.25) is 5.91 Å². The monoisotopic (exact) mass is 255 g/mol. The topological polar surface area (TPSA) is 54.5 Å². The molecule has 17 heavy (non-hydrogen) atoms. The van der Waals surface area contributed by atoms with Crippen molar-refractivity contribution in [3.63, 3.8) is 0 Å². The molecule has 2 rings (SSSR count). The molecule has 1 aliphatic rings. The number of nitrogens with zero attached hydrogens (tertiary/aromatic N) is 2. The number of thiazole rings is 1. The molecule has 2 heterocycles. The summed E-state index contributed by atoms with van der Waals surface area (Å²) in [6.45, 7) is 6.15. The lowest BCUT2D eigenvalue weighted by molar-refractivity contribution is -0.116. The van der Waals surface area contributed by atoms with Crippen LogP contribution in [0.25, 0.3) is 0 Å². The minimum Gasteiger partial charge on any atom is -0.379 e. The average Bonchev–Trinajstić information content (AvgIpc) is 2.73. The summed E-state index contributed by atoms with van der Waals surface area (Å²) in [5.41, 5.74) is 0. The highest BCUT2D eigenvalue weighted by Gasteiger charge is 2.12. The summed E-state index contributed by atoms with van der Waals surface area (Å²) in [6, 6.07) is 0. The predicted molar refractivity (Wildman–Crippen MR) is 67.4 cm³/mol. The van der Waals surface area contributed by atoms with Crippen LogP contribution >= 0.6 is 11.3 Å². The Morgan fingerprint density at radius 3 is 3.00 bits per heavy atom. The van der Waals surface area contributed by atoms with Gasteiger partial charge in [-0.15, -0.1) is 11.3 Å². The molecule has 94 valence electrons. The lowest BCUT2D eigenvalue weighted by Crippen LogP contribution is -2.38. The van der Waals surface area contributed by atoms with Crippen molar-refractivity contribution in [3.8, 4) is 0 Å². The van der Waals surface area contributed by atoms with Gasteiger partial charge >= 0.3 is 0 Å². The highest BCUT2D eigenvalue weighted by molar-refractivity contribution is 7.15. The number of ether oxygens (including phenoxy) is 1. The van der Waals surface area contributed by atoms with Gasteiger partial charge in [-0.05, 0) is 6.92 Å². The van der Waals surface area contributed by atoms with Crippen molar-refractivity contribution < 1.29 is 9.53 Å². The van der Waals surface area contributed by atoms with Crippen LogP contribution in [-0.4, -0.2) is 48.6 Å². The van der Waals surface area contributed by atoms with Gasteiger partial charge in [0, 0.05) is 37.1 Å². The molecule has 0 atom stereocenters. The highest BCUT2D eigenvalue weighted by atomic mass is 32.1. The smallest absolute Gasteiger partial charge is 0.227 e. The zero-order chi connectivity index (χ0) is 12.1. The molecule has 1 saturated heterocycles. The number of rotatable bonds is 4. The van der Waals surface area contributed by atoms with E-state index >= 15 is 0 Å². The Labute approximate surface area is 105 Å². The maximum absolute atomic E-state index is 11.7. The summed E-state index contributed by atoms with van der Waals surface area (Å²) in [6.07, 6.45) is 2.28. The molecule has 0 aromatic carbocycles. The van der Waals surface area contributed by atoms with Gasteiger partial charge in [-0.2, -0.15) is 0 Å². The predicted octanol–water partition coefficient (Wildman–Crippen LogP) is 1.11. The minimum absolute atomic E-state index is 0.0332. The summed E-state index contributed by atoms with van der Waals surface area (Å²) in [4.78, 5) is 19.1. The molecule has 0 saturated carbocycles. The van der Waals surface area contributed by atoms with Crippen molar-refractivity contribution in [2.24, 2.45) is 0 Å². The van der Waals surface area contributed by atoms with Gasteiger partial charge in [-0.1, -0.05) is 0 Å². The number of morpholine rings is 1. The van der Waals surface area contributed by atoms with E-state index in [1.807, 2.05) is 6.92 Å². The fourth-order valence-corrected chi connectivity index (χ4v) is 2.36. The van der Waals surface area contributed by atoms with Crippen molar-refractivity contribution >= 4 is 22.4 Å². The van der Waals surface area contributed by atoms with Gasteiger partial charge in [0.25, 0.3) is 0 Å². The minimum atomic E-state index is 0.0332. The van der Waals surface area contributed by atoms with E-state index in [-0.39, 0.29) is 5.91 Å². The quantitative estimate of drug-likeness (QED) is 0.875. The van der Waals surface area contributed by atoms with E-state index in [1.54, 1.807) is 6.20 Å². The Balaban J connectivity index is 1.70. The van der Waals surface area contributed by atoms with Crippen LogP contribution in [0.5, 0.6) is 0 Å². The van der Waals surface area contributed by atoms with Gasteiger partial charge in [0.05, 0.1) is 13.2 Å². The number of nitrogens with one attached hydrogen (secondary N) is 1. The lowest BCUT2D eigenvalue weighted by atomic mass is 10.3. The third-order valence-corrected chi connectivity index (χ3v) is 3.45. The first-order valence-corrected chi connectivity index (χ1v) is 6.58. The van der Waals surface area contributed by atoms with Crippen molar-refractivity contribution in [2.45, 2.75) is 13.3 Å². The van der Waals surface area contributed by atoms with E-state index in [9.17, 15) is 4.79 Å². The molecule has 5 nitrogen and oxygen atoms in total. The SMILES string of the molecule is Cc1cnc(NC(=O)CCN2CCOCC2)s1. The number of amides is 1. The van der Waals surface area contributed by atoms with E-state index in [2.05, 4.69) is 15.2 Å². The van der Waals surface area contributed by atoms with Crippen molar-refractivity contribution in [1.29, 1.82) is 0 Å². The molecule has 1 amide bonds. The molecule has 6 heteroatoms. The summed E-state index contributed by atoms with van der Waals surface area (Å²) in [5, 5.41) is 3.50. The van der Waals surface area contributed by atoms with Crippen LogP contribution in [0.3, 0.4) is 0 Å². The fourth-order valence-electron chi connectivity index (χ4n) is 1.68. The largest absolute Gasteiger partial charge is 0.379 e. The van der Waals surface area contributed by atoms with E-state index in [1.165, 1.54) is 11.3 Å². The van der Waals surface area contributed by atoms with Crippen LogP contribution in [0.1, 0.15) is 11.3 Å². The molecular weight excluding hydrogens is 238 g/mol. The van der Waals surface area contributed by atoms with Gasteiger partial charge in [0.15, 0.2) is 5.13 Å². The fraction of sp³-hybridized carbons (Fsp3) is 0.636. The van der Waals surface area contributed by atoms with Crippen LogP contribution in [0, 0.1) is 6.92 Å². The van der Waals surface area contributed by atoms with Gasteiger partial charge in [0.1, 0.15) is 0 Å². The first-order valence-electron chi connectivity index (χ1n) is 5.76. The van der Waals surface area contributed by atoms with Gasteiger partial charge < -0.3 is 10.1 Å². The average molecular weight is 255 g/mol. The highest BCUT2D eigenvalue weighted by Crippen LogP contribution is 2.16. The molecule has 0 spiro atoms.